The van der Waals surface area contributed by atoms with Crippen LogP contribution in [0, 0.1) is 5.92 Å². The summed E-state index contributed by atoms with van der Waals surface area (Å²) in [6.45, 7) is 3.91. The number of amides is 2. The lowest BCUT2D eigenvalue weighted by molar-refractivity contribution is -0.136. The highest BCUT2D eigenvalue weighted by molar-refractivity contribution is 6.30. The number of benzene rings is 2. The highest BCUT2D eigenvalue weighted by atomic mass is 35.5. The Labute approximate surface area is 189 Å². The van der Waals surface area contributed by atoms with Crippen LogP contribution in [0.5, 0.6) is 0 Å². The average molecular weight is 440 g/mol. The van der Waals surface area contributed by atoms with Crippen molar-refractivity contribution in [2.24, 2.45) is 5.92 Å². The fourth-order valence-corrected chi connectivity index (χ4v) is 4.82. The third kappa shape index (κ3) is 5.04. The number of hydrogen-bond acceptors (Lipinski definition) is 3. The van der Waals surface area contributed by atoms with E-state index in [-0.39, 0.29) is 17.7 Å². The molecule has 2 fully saturated rings. The van der Waals surface area contributed by atoms with Gasteiger partial charge in [0, 0.05) is 56.0 Å². The number of anilines is 1. The molecule has 4 rings (SSSR count). The maximum atomic E-state index is 13.2. The molecule has 31 heavy (non-hydrogen) atoms. The molecule has 0 N–H and O–H groups in total. The molecule has 0 saturated carbocycles. The number of hydrogen-bond donors (Lipinski definition) is 0. The normalized spacial score (nSPS) is 18.8. The van der Waals surface area contributed by atoms with Crippen LogP contribution in [0.4, 0.5) is 5.69 Å². The molecule has 0 spiro atoms. The van der Waals surface area contributed by atoms with Crippen LogP contribution >= 0.6 is 11.6 Å². The summed E-state index contributed by atoms with van der Waals surface area (Å²) in [5.41, 5.74) is 3.04. The van der Waals surface area contributed by atoms with Gasteiger partial charge in [0.1, 0.15) is 0 Å². The highest BCUT2D eigenvalue weighted by Crippen LogP contribution is 2.27. The van der Waals surface area contributed by atoms with Crippen molar-refractivity contribution in [3.05, 3.63) is 64.7 Å². The predicted octanol–water partition coefficient (Wildman–Crippen LogP) is 4.45. The van der Waals surface area contributed by atoms with Gasteiger partial charge in [0.2, 0.25) is 5.91 Å². The smallest absolute Gasteiger partial charge is 0.253 e. The van der Waals surface area contributed by atoms with Gasteiger partial charge in [-0.05, 0) is 61.6 Å². The van der Waals surface area contributed by atoms with Gasteiger partial charge < -0.3 is 14.7 Å². The van der Waals surface area contributed by atoms with Gasteiger partial charge in [-0.25, -0.2) is 0 Å². The van der Waals surface area contributed by atoms with E-state index in [1.165, 1.54) is 24.1 Å². The SMILES string of the molecule is CN(Cc1ccccc1N1CCCC1)C(=O)C1CCCN(C(=O)c2ccc(Cl)cc2)C1. The van der Waals surface area contributed by atoms with Crippen LogP contribution in [0.3, 0.4) is 0 Å². The summed E-state index contributed by atoms with van der Waals surface area (Å²) in [6.07, 6.45) is 4.11. The first-order valence-corrected chi connectivity index (χ1v) is 11.5. The lowest BCUT2D eigenvalue weighted by Crippen LogP contribution is -2.45. The molecule has 2 amide bonds. The second-order valence-electron chi connectivity index (χ2n) is 8.61. The zero-order valence-electron chi connectivity index (χ0n) is 18.1. The minimum Gasteiger partial charge on any atom is -0.371 e. The molecule has 6 heteroatoms. The number of likely N-dealkylation sites (tertiary alicyclic amines) is 1. The van der Waals surface area contributed by atoms with E-state index in [2.05, 4.69) is 23.1 Å². The number of para-hydroxylation sites is 1. The molecule has 0 radical (unpaired) electrons. The molecule has 0 aliphatic carbocycles. The summed E-state index contributed by atoms with van der Waals surface area (Å²) in [6, 6.07) is 15.3. The Morgan fingerprint density at radius 3 is 2.45 bits per heavy atom. The van der Waals surface area contributed by atoms with Crippen molar-refractivity contribution in [2.45, 2.75) is 32.2 Å². The van der Waals surface area contributed by atoms with Crippen LogP contribution in [0.1, 0.15) is 41.6 Å². The van der Waals surface area contributed by atoms with Crippen LogP contribution < -0.4 is 4.90 Å². The summed E-state index contributed by atoms with van der Waals surface area (Å²) in [5.74, 6) is -0.0741. The highest BCUT2D eigenvalue weighted by Gasteiger charge is 2.31. The maximum Gasteiger partial charge on any atom is 0.253 e. The monoisotopic (exact) mass is 439 g/mol. The van der Waals surface area contributed by atoms with Crippen LogP contribution in [0.15, 0.2) is 48.5 Å². The van der Waals surface area contributed by atoms with E-state index in [1.807, 2.05) is 18.0 Å². The molecule has 0 bridgehead atoms. The minimum atomic E-state index is -0.158. The van der Waals surface area contributed by atoms with Crippen molar-refractivity contribution in [1.82, 2.24) is 9.80 Å². The first-order valence-electron chi connectivity index (χ1n) is 11.2. The van der Waals surface area contributed by atoms with Gasteiger partial charge in [-0.15, -0.1) is 0 Å². The Morgan fingerprint density at radius 2 is 1.71 bits per heavy atom. The van der Waals surface area contributed by atoms with Gasteiger partial charge in [0.25, 0.3) is 5.91 Å². The van der Waals surface area contributed by atoms with E-state index in [1.54, 1.807) is 29.2 Å². The van der Waals surface area contributed by atoms with Gasteiger partial charge in [-0.1, -0.05) is 29.8 Å². The van der Waals surface area contributed by atoms with Crippen LogP contribution in [-0.2, 0) is 11.3 Å². The van der Waals surface area contributed by atoms with Gasteiger partial charge in [0.05, 0.1) is 5.92 Å². The lowest BCUT2D eigenvalue weighted by atomic mass is 9.95. The van der Waals surface area contributed by atoms with E-state index < -0.39 is 0 Å². The summed E-state index contributed by atoms with van der Waals surface area (Å²) < 4.78 is 0. The average Bonchev–Trinajstić information content (AvgIpc) is 3.34. The van der Waals surface area contributed by atoms with Crippen molar-refractivity contribution in [3.63, 3.8) is 0 Å². The third-order valence-electron chi connectivity index (χ3n) is 6.37. The standard InChI is InChI=1S/C25H30ClN3O2/c1-27(17-20-7-2-3-9-23(20)28-14-4-5-15-28)24(30)21-8-6-16-29(18-21)25(31)19-10-12-22(26)13-11-19/h2-3,7,9-13,21H,4-6,8,14-18H2,1H3. The molecule has 2 aromatic carbocycles. The number of rotatable bonds is 5. The van der Waals surface area contributed by atoms with Crippen molar-refractivity contribution >= 4 is 29.1 Å². The van der Waals surface area contributed by atoms with Gasteiger partial charge in [0.15, 0.2) is 0 Å². The molecule has 164 valence electrons. The van der Waals surface area contributed by atoms with E-state index in [0.29, 0.717) is 30.2 Å². The fourth-order valence-electron chi connectivity index (χ4n) is 4.69. The second kappa shape index (κ2) is 9.73. The molecule has 2 heterocycles. The molecule has 2 aliphatic rings. The van der Waals surface area contributed by atoms with E-state index in [9.17, 15) is 9.59 Å². The maximum absolute atomic E-state index is 13.2. The molecular formula is C25H30ClN3O2. The Balaban J connectivity index is 1.41. The van der Waals surface area contributed by atoms with Gasteiger partial charge in [-0.2, -0.15) is 0 Å². The second-order valence-corrected chi connectivity index (χ2v) is 9.05. The van der Waals surface area contributed by atoms with Crippen molar-refractivity contribution in [1.29, 1.82) is 0 Å². The summed E-state index contributed by atoms with van der Waals surface area (Å²) >= 11 is 5.94. The van der Waals surface area contributed by atoms with Crippen LogP contribution in [0.25, 0.3) is 0 Å². The van der Waals surface area contributed by atoms with Crippen molar-refractivity contribution in [3.8, 4) is 0 Å². The predicted molar refractivity (Wildman–Crippen MR) is 124 cm³/mol. The largest absolute Gasteiger partial charge is 0.371 e. The van der Waals surface area contributed by atoms with Crippen LogP contribution in [-0.4, -0.2) is 54.8 Å². The number of carbonyl (C=O) groups excluding carboxylic acids is 2. The molecule has 0 aromatic heterocycles. The van der Waals surface area contributed by atoms with Gasteiger partial charge >= 0.3 is 0 Å². The molecule has 2 saturated heterocycles. The molecule has 1 unspecified atom stereocenters. The third-order valence-corrected chi connectivity index (χ3v) is 6.62. The number of piperidine rings is 1. The first-order chi connectivity index (χ1) is 15.0. The lowest BCUT2D eigenvalue weighted by Gasteiger charge is -2.34. The Kier molecular flexibility index (Phi) is 6.81. The summed E-state index contributed by atoms with van der Waals surface area (Å²) in [5, 5.41) is 0.610. The Morgan fingerprint density at radius 1 is 1.00 bits per heavy atom. The van der Waals surface area contributed by atoms with Gasteiger partial charge in [-0.3, -0.25) is 9.59 Å². The number of carbonyl (C=O) groups is 2. The zero-order valence-corrected chi connectivity index (χ0v) is 18.9. The topological polar surface area (TPSA) is 43.9 Å². The van der Waals surface area contributed by atoms with E-state index in [0.717, 1.165) is 25.9 Å². The van der Waals surface area contributed by atoms with Crippen molar-refractivity contribution < 1.29 is 9.59 Å². The molecule has 1 atom stereocenters. The quantitative estimate of drug-likeness (QED) is 0.691. The fraction of sp³-hybridized carbons (Fsp3) is 0.440. The van der Waals surface area contributed by atoms with Crippen molar-refractivity contribution in [2.75, 3.05) is 38.1 Å². The Hall–Kier alpha value is -2.53. The summed E-state index contributed by atoms with van der Waals surface area (Å²) in [4.78, 5) is 32.2. The molecule has 2 aliphatic heterocycles. The molecule has 2 aromatic rings. The number of nitrogens with zero attached hydrogens (tertiary/aromatic N) is 3. The minimum absolute atomic E-state index is 0.0313. The Bertz CT molecular complexity index is 925. The van der Waals surface area contributed by atoms with Crippen LogP contribution in [0.2, 0.25) is 5.02 Å². The van der Waals surface area contributed by atoms with E-state index in [4.69, 9.17) is 11.6 Å². The first kappa shape index (κ1) is 21.7. The summed E-state index contributed by atoms with van der Waals surface area (Å²) in [7, 11) is 1.88. The molecular weight excluding hydrogens is 410 g/mol. The van der Waals surface area contributed by atoms with E-state index >= 15 is 0 Å². The number of halogens is 1. The zero-order chi connectivity index (χ0) is 21.8. The molecule has 5 nitrogen and oxygen atoms in total.